The first-order valence-electron chi connectivity index (χ1n) is 13.6. The number of rotatable bonds is 8. The van der Waals surface area contributed by atoms with Crippen molar-refractivity contribution < 1.29 is 9.18 Å². The Bertz CT molecular complexity index is 1020. The van der Waals surface area contributed by atoms with Gasteiger partial charge in [0.1, 0.15) is 17.8 Å². The molecule has 39 heavy (non-hydrogen) atoms. The van der Waals surface area contributed by atoms with Gasteiger partial charge in [-0.3, -0.25) is 15.1 Å². The number of carbonyl (C=O) groups excluding carboxylic acids is 1. The molecular formula is C29H43BrFN7O. The van der Waals surface area contributed by atoms with Crippen molar-refractivity contribution in [1.29, 1.82) is 0 Å². The number of piperidine rings is 1. The first-order chi connectivity index (χ1) is 18.9. The molecule has 0 radical (unpaired) electrons. The Morgan fingerprint density at radius 1 is 1.28 bits per heavy atom. The van der Waals surface area contributed by atoms with E-state index in [0.29, 0.717) is 24.1 Å². The summed E-state index contributed by atoms with van der Waals surface area (Å²) in [5.74, 6) is 1.38. The highest BCUT2D eigenvalue weighted by molar-refractivity contribution is 9.09. The third-order valence-electron chi connectivity index (χ3n) is 6.22. The summed E-state index contributed by atoms with van der Waals surface area (Å²) in [6.45, 7) is 11.3. The molecule has 0 bridgehead atoms. The van der Waals surface area contributed by atoms with Gasteiger partial charge >= 0.3 is 0 Å². The largest absolute Gasteiger partial charge is 0.366 e. The van der Waals surface area contributed by atoms with Crippen LogP contribution >= 0.6 is 15.9 Å². The van der Waals surface area contributed by atoms with E-state index in [1.807, 2.05) is 37.3 Å². The Hall–Kier alpha value is -2.82. The third-order valence-corrected chi connectivity index (χ3v) is 6.45. The van der Waals surface area contributed by atoms with E-state index in [2.05, 4.69) is 74.8 Å². The molecule has 1 aromatic carbocycles. The number of likely N-dealkylation sites (tertiary alicyclic amines) is 1. The second kappa shape index (κ2) is 17.7. The van der Waals surface area contributed by atoms with Crippen molar-refractivity contribution in [2.75, 3.05) is 25.5 Å². The van der Waals surface area contributed by atoms with E-state index in [4.69, 9.17) is 5.10 Å². The summed E-state index contributed by atoms with van der Waals surface area (Å²) in [4.78, 5) is 16.7. The van der Waals surface area contributed by atoms with Crippen LogP contribution in [-0.2, 0) is 11.3 Å². The maximum Gasteiger partial charge on any atom is 0.211 e. The second-order valence-corrected chi connectivity index (χ2v) is 10.8. The zero-order valence-corrected chi connectivity index (χ0v) is 25.2. The number of halogens is 2. The van der Waals surface area contributed by atoms with Crippen molar-refractivity contribution in [3.05, 3.63) is 72.1 Å². The zero-order chi connectivity index (χ0) is 28.6. The minimum atomic E-state index is -0.309. The van der Waals surface area contributed by atoms with E-state index < -0.39 is 0 Å². The van der Waals surface area contributed by atoms with Crippen LogP contribution in [0.4, 0.5) is 10.1 Å². The van der Waals surface area contributed by atoms with E-state index in [0.717, 1.165) is 24.5 Å². The van der Waals surface area contributed by atoms with Gasteiger partial charge in [0.25, 0.3) is 0 Å². The summed E-state index contributed by atoms with van der Waals surface area (Å²) < 4.78 is 12.2. The molecule has 1 saturated heterocycles. The van der Waals surface area contributed by atoms with E-state index in [-0.39, 0.29) is 16.8 Å². The molecule has 3 heterocycles. The van der Waals surface area contributed by atoms with Gasteiger partial charge in [0.05, 0.1) is 0 Å². The van der Waals surface area contributed by atoms with Crippen LogP contribution in [0.2, 0.25) is 0 Å². The lowest BCUT2D eigenvalue weighted by Gasteiger charge is -2.42. The fourth-order valence-corrected chi connectivity index (χ4v) is 4.50. The Labute approximate surface area is 241 Å². The SMILES string of the molecule is CC.CC(Br)/C=N\N1C(NCc2cccnc2)=CC(C2CCCN(C)C2)NC1C.O=CNc1ccc(F)cc1. The van der Waals surface area contributed by atoms with Crippen LogP contribution < -0.4 is 16.0 Å². The molecule has 214 valence electrons. The molecule has 0 aliphatic carbocycles. The van der Waals surface area contributed by atoms with Crippen molar-refractivity contribution >= 4 is 34.2 Å². The summed E-state index contributed by atoms with van der Waals surface area (Å²) >= 11 is 3.55. The molecular weight excluding hydrogens is 561 g/mol. The molecule has 2 aromatic rings. The van der Waals surface area contributed by atoms with Crippen LogP contribution in [0.1, 0.15) is 46.1 Å². The van der Waals surface area contributed by atoms with E-state index in [9.17, 15) is 9.18 Å². The Kier molecular flexibility index (Phi) is 14.7. The Morgan fingerprint density at radius 3 is 2.64 bits per heavy atom. The van der Waals surface area contributed by atoms with Crippen molar-refractivity contribution in [2.24, 2.45) is 11.0 Å². The highest BCUT2D eigenvalue weighted by Crippen LogP contribution is 2.25. The first kappa shape index (κ1) is 32.4. The Balaban J connectivity index is 0.000000372. The molecule has 2 aliphatic heterocycles. The minimum Gasteiger partial charge on any atom is -0.366 e. The van der Waals surface area contributed by atoms with Crippen molar-refractivity contribution in [2.45, 2.75) is 64.1 Å². The highest BCUT2D eigenvalue weighted by Gasteiger charge is 2.32. The average molecular weight is 605 g/mol. The number of benzene rings is 1. The summed E-state index contributed by atoms with van der Waals surface area (Å²) in [6.07, 6.45) is 11.2. The van der Waals surface area contributed by atoms with Gasteiger partial charge in [0.2, 0.25) is 6.41 Å². The molecule has 4 rings (SSSR count). The maximum atomic E-state index is 12.2. The number of carbonyl (C=O) groups is 1. The lowest BCUT2D eigenvalue weighted by molar-refractivity contribution is -0.105. The summed E-state index contributed by atoms with van der Waals surface area (Å²) in [7, 11) is 2.22. The predicted octanol–water partition coefficient (Wildman–Crippen LogP) is 5.16. The number of alkyl halides is 1. The Morgan fingerprint density at radius 2 is 2.03 bits per heavy atom. The molecule has 8 nitrogen and oxygen atoms in total. The number of pyridine rings is 1. The molecule has 1 fully saturated rings. The fraction of sp³-hybridized carbons (Fsp3) is 0.483. The van der Waals surface area contributed by atoms with Gasteiger partial charge in [-0.1, -0.05) is 35.8 Å². The van der Waals surface area contributed by atoms with E-state index >= 15 is 0 Å². The number of nitrogens with zero attached hydrogens (tertiary/aromatic N) is 4. The van der Waals surface area contributed by atoms with Crippen LogP contribution in [0.25, 0.3) is 0 Å². The van der Waals surface area contributed by atoms with E-state index in [1.165, 1.54) is 43.7 Å². The zero-order valence-electron chi connectivity index (χ0n) is 23.6. The molecule has 4 unspecified atom stereocenters. The fourth-order valence-electron chi connectivity index (χ4n) is 4.40. The molecule has 4 atom stereocenters. The number of anilines is 1. The molecule has 1 aromatic heterocycles. The number of hydrazone groups is 1. The molecule has 0 spiro atoms. The topological polar surface area (TPSA) is 84.9 Å². The molecule has 0 saturated carbocycles. The van der Waals surface area contributed by atoms with Gasteiger partial charge in [0, 0.05) is 48.3 Å². The maximum absolute atomic E-state index is 12.2. The quantitative estimate of drug-likeness (QED) is 0.219. The van der Waals surface area contributed by atoms with Crippen LogP contribution in [0, 0.1) is 11.7 Å². The van der Waals surface area contributed by atoms with Crippen LogP contribution in [0.5, 0.6) is 0 Å². The summed E-state index contributed by atoms with van der Waals surface area (Å²) in [5, 5.41) is 16.5. The number of hydrogen-bond acceptors (Lipinski definition) is 7. The van der Waals surface area contributed by atoms with Gasteiger partial charge in [-0.15, -0.1) is 0 Å². The number of amides is 1. The number of nitrogens with one attached hydrogen (secondary N) is 3. The second-order valence-electron chi connectivity index (χ2n) is 9.36. The van der Waals surface area contributed by atoms with Gasteiger partial charge < -0.3 is 15.5 Å². The predicted molar refractivity (Wildman–Crippen MR) is 162 cm³/mol. The van der Waals surface area contributed by atoms with Crippen molar-refractivity contribution in [3.63, 3.8) is 0 Å². The van der Waals surface area contributed by atoms with E-state index in [1.54, 1.807) is 6.20 Å². The highest BCUT2D eigenvalue weighted by atomic mass is 79.9. The summed E-state index contributed by atoms with van der Waals surface area (Å²) in [6, 6.07) is 9.96. The van der Waals surface area contributed by atoms with Crippen molar-refractivity contribution in [3.8, 4) is 0 Å². The van der Waals surface area contributed by atoms with Crippen molar-refractivity contribution in [1.82, 2.24) is 25.5 Å². The van der Waals surface area contributed by atoms with Crippen LogP contribution in [-0.4, -0.2) is 64.7 Å². The molecule has 2 aliphatic rings. The minimum absolute atomic E-state index is 0.131. The van der Waals surface area contributed by atoms with Crippen LogP contribution in [0.3, 0.4) is 0 Å². The van der Waals surface area contributed by atoms with Gasteiger partial charge in [-0.2, -0.15) is 5.10 Å². The standard InChI is InChI=1S/C20H31BrN6.C7H6FNO.C2H6/c1-15(21)11-24-27-16(2)25-19(18-7-5-9-26(3)14-18)10-20(27)23-13-17-6-4-8-22-12-17;8-6-1-3-7(4-2-6)9-5-10;1-2/h4,6,8,10-12,15-16,18-19,23,25H,5,7,9,13-14H2,1-3H3;1-5H,(H,9,10);1-2H3/b24-11-;;. The third kappa shape index (κ3) is 11.4. The molecule has 1 amide bonds. The van der Waals surface area contributed by atoms with Gasteiger partial charge in [-0.05, 0) is 88.2 Å². The smallest absolute Gasteiger partial charge is 0.211 e. The van der Waals surface area contributed by atoms with Gasteiger partial charge in [0.15, 0.2) is 0 Å². The number of hydrogen-bond donors (Lipinski definition) is 3. The summed E-state index contributed by atoms with van der Waals surface area (Å²) in [5.41, 5.74) is 1.76. The lowest BCUT2D eigenvalue weighted by Crippen LogP contribution is -2.55. The lowest BCUT2D eigenvalue weighted by atomic mass is 9.89. The van der Waals surface area contributed by atoms with Gasteiger partial charge in [-0.25, -0.2) is 9.40 Å². The average Bonchev–Trinajstić information content (AvgIpc) is 2.94. The molecule has 3 N–H and O–H groups in total. The number of aromatic nitrogens is 1. The normalized spacial score (nSPS) is 22.0. The molecule has 10 heteroatoms. The van der Waals surface area contributed by atoms with Crippen LogP contribution in [0.15, 0.2) is 65.8 Å². The first-order valence-corrected chi connectivity index (χ1v) is 14.5. The monoisotopic (exact) mass is 603 g/mol.